The minimum absolute atomic E-state index is 0.00806. The monoisotopic (exact) mass is 432 g/mol. The maximum atomic E-state index is 11.8. The first-order valence-electron chi connectivity index (χ1n) is 6.28. The van der Waals surface area contributed by atoms with E-state index in [0.29, 0.717) is 5.69 Å². The van der Waals surface area contributed by atoms with Crippen LogP contribution in [0, 0.1) is 11.5 Å². The fourth-order valence-electron chi connectivity index (χ4n) is 1.18. The van der Waals surface area contributed by atoms with Crippen LogP contribution in [-0.2, 0) is 33.3 Å². The van der Waals surface area contributed by atoms with Crippen molar-refractivity contribution < 1.29 is 52.9 Å². The maximum absolute atomic E-state index is 11.8. The molecule has 1 rings (SSSR count). The van der Waals surface area contributed by atoms with E-state index >= 15 is 0 Å². The Labute approximate surface area is 145 Å². The number of hydrogen-bond donors (Lipinski definition) is 1. The summed E-state index contributed by atoms with van der Waals surface area (Å²) in [5.41, 5.74) is -10.4. The average Bonchev–Trinajstić information content (AvgIpc) is 2.47. The summed E-state index contributed by atoms with van der Waals surface area (Å²) in [4.78, 5) is 3.99. The second-order valence-electron chi connectivity index (χ2n) is 4.68. The number of hydrogen-bond acceptors (Lipinski definition) is 6. The summed E-state index contributed by atoms with van der Waals surface area (Å²) in [5.74, 6) is 0. The Morgan fingerprint density at radius 1 is 1.08 bits per heavy atom. The van der Waals surface area contributed by atoms with Gasteiger partial charge in [0, 0.05) is 6.92 Å². The minimum atomic E-state index is -6.51. The molecule has 0 bridgehead atoms. The Kier molecular flexibility index (Phi) is 7.58. The molecule has 0 fully saturated rings. The summed E-state index contributed by atoms with van der Waals surface area (Å²) in [7, 11) is -11.1. The molecule has 1 heterocycles. The fourth-order valence-corrected chi connectivity index (χ4v) is 3.55. The molecular formula is C11H14F6N2O5S2. The molecule has 0 saturated heterocycles. The Balaban J connectivity index is 0.000000531. The van der Waals surface area contributed by atoms with E-state index in [1.54, 1.807) is 6.20 Å². The summed E-state index contributed by atoms with van der Waals surface area (Å²) in [6.07, 6.45) is 3.56. The number of halogens is 6. The topological polar surface area (TPSA) is 105 Å². The van der Waals surface area contributed by atoms with Crippen LogP contribution in [0.4, 0.5) is 26.3 Å². The van der Waals surface area contributed by atoms with Gasteiger partial charge in [-0.1, -0.05) is 4.58 Å². The standard InChI is InChI=1S/C7H11N2O.C4H3F6O4S2/c1-6-3-8-7(5-10)4-9(6)2;1-2(15(11,12)3(5,6)7)16(13,14)4(8,9)10/h3-4,10H,5H2,1-2H3;1H3/q+1;-1. The molecule has 0 spiro atoms. The third-order valence-corrected chi connectivity index (χ3v) is 6.89. The molecular weight excluding hydrogens is 418 g/mol. The lowest BCUT2D eigenvalue weighted by Gasteiger charge is -2.27. The first kappa shape index (κ1) is 24.5. The predicted molar refractivity (Wildman–Crippen MR) is 74.9 cm³/mol. The first-order valence-corrected chi connectivity index (χ1v) is 9.24. The van der Waals surface area contributed by atoms with Gasteiger partial charge in [0.15, 0.2) is 11.9 Å². The van der Waals surface area contributed by atoms with Gasteiger partial charge in [0.1, 0.15) is 32.4 Å². The van der Waals surface area contributed by atoms with E-state index < -0.39 is 35.3 Å². The number of rotatable bonds is 3. The molecule has 0 aliphatic heterocycles. The van der Waals surface area contributed by atoms with Crippen molar-refractivity contribution in [3.05, 3.63) is 28.4 Å². The van der Waals surface area contributed by atoms with Crippen LogP contribution in [0.1, 0.15) is 18.3 Å². The zero-order valence-electron chi connectivity index (χ0n) is 13.4. The Morgan fingerprint density at radius 3 is 1.73 bits per heavy atom. The molecule has 26 heavy (non-hydrogen) atoms. The van der Waals surface area contributed by atoms with E-state index in [9.17, 15) is 43.2 Å². The van der Waals surface area contributed by atoms with Crippen molar-refractivity contribution in [3.63, 3.8) is 0 Å². The summed E-state index contributed by atoms with van der Waals surface area (Å²) >= 11 is 0. The molecule has 0 radical (unpaired) electrons. The number of sulfone groups is 2. The third kappa shape index (κ3) is 5.51. The molecule has 0 atom stereocenters. The van der Waals surface area contributed by atoms with Crippen LogP contribution in [0.25, 0.3) is 0 Å². The van der Waals surface area contributed by atoms with E-state index in [1.807, 2.05) is 24.7 Å². The van der Waals surface area contributed by atoms with E-state index in [2.05, 4.69) is 4.98 Å². The molecule has 0 saturated carbocycles. The first-order chi connectivity index (χ1) is 11.4. The number of aliphatic hydroxyl groups is 1. The smallest absolute Gasteiger partial charge is 0.390 e. The van der Waals surface area contributed by atoms with Gasteiger partial charge in [-0.2, -0.15) is 33.3 Å². The van der Waals surface area contributed by atoms with Gasteiger partial charge < -0.3 is 5.11 Å². The molecule has 1 aromatic heterocycles. The number of aliphatic hydroxyl groups excluding tert-OH is 1. The van der Waals surface area contributed by atoms with Crippen LogP contribution in [0.15, 0.2) is 12.4 Å². The van der Waals surface area contributed by atoms with Gasteiger partial charge in [-0.3, -0.25) is 16.8 Å². The lowest BCUT2D eigenvalue weighted by atomic mass is 10.4. The second kappa shape index (κ2) is 8.04. The van der Waals surface area contributed by atoms with Crippen molar-refractivity contribution in [2.75, 3.05) is 0 Å². The highest BCUT2D eigenvalue weighted by Crippen LogP contribution is 2.39. The number of nitrogens with zero attached hydrogens (tertiary/aromatic N) is 2. The van der Waals surface area contributed by atoms with Crippen molar-refractivity contribution in [1.29, 1.82) is 0 Å². The summed E-state index contributed by atoms with van der Waals surface area (Å²) in [5, 5.41) is 8.68. The highest BCUT2D eigenvalue weighted by Gasteiger charge is 2.52. The van der Waals surface area contributed by atoms with Crippen LogP contribution in [0.3, 0.4) is 0 Å². The summed E-state index contributed by atoms with van der Waals surface area (Å²) in [6, 6.07) is 0. The third-order valence-electron chi connectivity index (χ3n) is 2.84. The van der Waals surface area contributed by atoms with E-state index in [0.717, 1.165) is 5.69 Å². The molecule has 7 nitrogen and oxygen atoms in total. The fraction of sp³-hybridized carbons (Fsp3) is 0.545. The van der Waals surface area contributed by atoms with Crippen molar-refractivity contribution >= 4 is 19.7 Å². The van der Waals surface area contributed by atoms with Gasteiger partial charge in [-0.25, -0.2) is 9.55 Å². The highest BCUT2D eigenvalue weighted by molar-refractivity contribution is 8.13. The van der Waals surface area contributed by atoms with Crippen LogP contribution < -0.4 is 4.57 Å². The van der Waals surface area contributed by atoms with Gasteiger partial charge in [0.25, 0.3) is 0 Å². The molecule has 0 aromatic carbocycles. The lowest BCUT2D eigenvalue weighted by Crippen LogP contribution is -2.37. The van der Waals surface area contributed by atoms with Crippen LogP contribution in [0.2, 0.25) is 0 Å². The van der Waals surface area contributed by atoms with Gasteiger partial charge in [0.05, 0.1) is 12.8 Å². The normalized spacial score (nSPS) is 13.3. The quantitative estimate of drug-likeness (QED) is 0.435. The number of alkyl halides is 6. The van der Waals surface area contributed by atoms with Gasteiger partial charge in [-0.05, 0) is 0 Å². The van der Waals surface area contributed by atoms with E-state index in [1.165, 1.54) is 0 Å². The van der Waals surface area contributed by atoms with Gasteiger partial charge in [0.2, 0.25) is 0 Å². The lowest BCUT2D eigenvalue weighted by molar-refractivity contribution is -0.678. The number of aryl methyl sites for hydroxylation is 2. The zero-order valence-corrected chi connectivity index (χ0v) is 15.1. The Hall–Kier alpha value is -1.48. The van der Waals surface area contributed by atoms with Gasteiger partial charge >= 0.3 is 11.0 Å². The van der Waals surface area contributed by atoms with Crippen LogP contribution >= 0.6 is 0 Å². The molecule has 1 N–H and O–H groups in total. The molecule has 1 aromatic rings. The SMILES string of the molecule is C[C-](S(=O)(=O)C(F)(F)F)S(=O)(=O)C(F)(F)F.Cc1cnc(CO)c[n+]1C. The van der Waals surface area contributed by atoms with Crippen molar-refractivity contribution in [2.24, 2.45) is 7.05 Å². The van der Waals surface area contributed by atoms with Gasteiger partial charge in [-0.15, -0.1) is 0 Å². The molecule has 0 unspecified atom stereocenters. The average molecular weight is 432 g/mol. The zero-order chi connectivity index (χ0) is 21.1. The molecule has 0 aliphatic rings. The highest BCUT2D eigenvalue weighted by atomic mass is 32.3. The Bertz CT molecular complexity index is 790. The molecule has 15 heteroatoms. The predicted octanol–water partition coefficient (Wildman–Crippen LogP) is 1.07. The summed E-state index contributed by atoms with van der Waals surface area (Å²) in [6.45, 7) is 1.70. The largest absolute Gasteiger partial charge is 0.469 e. The molecule has 0 aliphatic carbocycles. The van der Waals surface area contributed by atoms with Crippen molar-refractivity contribution in [3.8, 4) is 0 Å². The van der Waals surface area contributed by atoms with Crippen LogP contribution in [0.5, 0.6) is 0 Å². The van der Waals surface area contributed by atoms with Crippen LogP contribution in [-0.4, -0.2) is 37.9 Å². The second-order valence-corrected chi connectivity index (χ2v) is 9.10. The Morgan fingerprint density at radius 2 is 1.46 bits per heavy atom. The maximum Gasteiger partial charge on any atom is 0.469 e. The summed E-state index contributed by atoms with van der Waals surface area (Å²) < 4.78 is 111. The molecule has 152 valence electrons. The minimum Gasteiger partial charge on any atom is -0.390 e. The van der Waals surface area contributed by atoms with E-state index in [4.69, 9.17) is 5.11 Å². The van der Waals surface area contributed by atoms with Crippen molar-refractivity contribution in [1.82, 2.24) is 4.98 Å². The van der Waals surface area contributed by atoms with E-state index in [-0.39, 0.29) is 13.5 Å². The number of aromatic nitrogens is 2. The molecule has 0 amide bonds. The van der Waals surface area contributed by atoms with Crippen molar-refractivity contribution in [2.45, 2.75) is 31.5 Å².